The number of likely N-dealkylation sites (tertiary alicyclic amines) is 1. The van der Waals surface area contributed by atoms with Gasteiger partial charge in [0.2, 0.25) is 5.91 Å². The van der Waals surface area contributed by atoms with E-state index >= 15 is 0 Å². The van der Waals surface area contributed by atoms with Crippen LogP contribution in [0, 0.1) is 5.92 Å². The Kier molecular flexibility index (Phi) is 5.81. The summed E-state index contributed by atoms with van der Waals surface area (Å²) in [5.41, 5.74) is 5.52. The predicted molar refractivity (Wildman–Crippen MR) is 86.1 cm³/mol. The number of carbonyl (C=O) groups excluding carboxylic acids is 1. The monoisotopic (exact) mass is 300 g/mol. The summed E-state index contributed by atoms with van der Waals surface area (Å²) in [6, 6.07) is 0. The molecule has 1 amide bonds. The molecule has 5 heteroatoms. The summed E-state index contributed by atoms with van der Waals surface area (Å²) in [4.78, 5) is 13.9. The van der Waals surface area contributed by atoms with Crippen LogP contribution in [-0.2, 0) is 9.22 Å². The molecule has 1 aliphatic rings. The lowest BCUT2D eigenvalue weighted by Gasteiger charge is -2.43. The van der Waals surface area contributed by atoms with Crippen LogP contribution in [0.4, 0.5) is 0 Å². The minimum Gasteiger partial charge on any atom is -0.412 e. The Morgan fingerprint density at radius 2 is 2.05 bits per heavy atom. The van der Waals surface area contributed by atoms with E-state index in [-0.39, 0.29) is 17.0 Å². The Bertz CT molecular complexity index is 343. The van der Waals surface area contributed by atoms with Gasteiger partial charge in [0.05, 0.1) is 12.5 Å². The van der Waals surface area contributed by atoms with Gasteiger partial charge in [0.1, 0.15) is 0 Å². The molecule has 1 aliphatic heterocycles. The van der Waals surface area contributed by atoms with Gasteiger partial charge in [0.25, 0.3) is 0 Å². The first-order valence-electron chi connectivity index (χ1n) is 7.77. The van der Waals surface area contributed by atoms with Crippen molar-refractivity contribution in [1.29, 1.82) is 0 Å². The molecule has 1 fully saturated rings. The Labute approximate surface area is 125 Å². The lowest BCUT2D eigenvalue weighted by atomic mass is 9.99. The molecule has 1 heterocycles. The van der Waals surface area contributed by atoms with Gasteiger partial charge in [0, 0.05) is 13.1 Å². The number of hydrogen-bond acceptors (Lipinski definition) is 3. The number of carbonyl (C=O) groups is 1. The number of amides is 1. The number of nitrogens with zero attached hydrogens (tertiary/aromatic N) is 1. The molecule has 1 atom stereocenters. The highest BCUT2D eigenvalue weighted by Gasteiger charge is 2.46. The van der Waals surface area contributed by atoms with Crippen molar-refractivity contribution in [2.75, 3.05) is 19.6 Å². The van der Waals surface area contributed by atoms with E-state index in [0.717, 1.165) is 19.5 Å². The van der Waals surface area contributed by atoms with Crippen molar-refractivity contribution in [3.63, 3.8) is 0 Å². The standard InChI is InChI=1S/C15H32N2O2Si/c1-12(2)15(3,4)20(5,6)19-13-10-14(18)17(11-13)9-7-8-16/h12-13H,7-11,16H2,1-6H3/t13-/m1/s1. The van der Waals surface area contributed by atoms with Gasteiger partial charge >= 0.3 is 0 Å². The summed E-state index contributed by atoms with van der Waals surface area (Å²) < 4.78 is 6.45. The van der Waals surface area contributed by atoms with Gasteiger partial charge in [-0.2, -0.15) is 0 Å². The van der Waals surface area contributed by atoms with E-state index in [1.165, 1.54) is 0 Å². The average Bonchev–Trinajstić information content (AvgIpc) is 2.65. The molecule has 0 aromatic rings. The second kappa shape index (κ2) is 6.58. The quantitative estimate of drug-likeness (QED) is 0.735. The molecular weight excluding hydrogens is 268 g/mol. The van der Waals surface area contributed by atoms with Gasteiger partial charge in [-0.05, 0) is 37.0 Å². The highest BCUT2D eigenvalue weighted by molar-refractivity contribution is 6.74. The molecule has 0 unspecified atom stereocenters. The Hall–Kier alpha value is -0.393. The van der Waals surface area contributed by atoms with E-state index in [1.807, 2.05) is 4.90 Å². The van der Waals surface area contributed by atoms with Gasteiger partial charge in [0.15, 0.2) is 8.32 Å². The zero-order chi connectivity index (χ0) is 15.6. The van der Waals surface area contributed by atoms with Crippen LogP contribution in [-0.4, -0.2) is 44.9 Å². The van der Waals surface area contributed by atoms with E-state index in [1.54, 1.807) is 0 Å². The van der Waals surface area contributed by atoms with E-state index in [2.05, 4.69) is 40.8 Å². The summed E-state index contributed by atoms with van der Waals surface area (Å²) in [5, 5.41) is 0.195. The van der Waals surface area contributed by atoms with Crippen LogP contribution in [0.3, 0.4) is 0 Å². The molecule has 2 N–H and O–H groups in total. The Morgan fingerprint density at radius 1 is 1.45 bits per heavy atom. The van der Waals surface area contributed by atoms with Crippen LogP contribution in [0.15, 0.2) is 0 Å². The normalized spacial score (nSPS) is 21.1. The largest absolute Gasteiger partial charge is 0.412 e. The summed E-state index contributed by atoms with van der Waals surface area (Å²) >= 11 is 0. The third kappa shape index (κ3) is 3.83. The zero-order valence-corrected chi connectivity index (χ0v) is 15.0. The SMILES string of the molecule is CC(C)C(C)(C)[Si](C)(C)O[C@@H]1CC(=O)N(CCCN)C1. The topological polar surface area (TPSA) is 55.6 Å². The fourth-order valence-electron chi connectivity index (χ4n) is 2.58. The Balaban J connectivity index is 2.64. The fraction of sp³-hybridized carbons (Fsp3) is 0.933. The second-order valence-corrected chi connectivity index (χ2v) is 11.9. The molecular formula is C15H32N2O2Si. The first-order valence-corrected chi connectivity index (χ1v) is 10.7. The van der Waals surface area contributed by atoms with Gasteiger partial charge < -0.3 is 15.1 Å². The van der Waals surface area contributed by atoms with E-state index in [9.17, 15) is 4.79 Å². The third-order valence-corrected chi connectivity index (χ3v) is 9.87. The summed E-state index contributed by atoms with van der Waals surface area (Å²) in [6.45, 7) is 15.8. The van der Waals surface area contributed by atoms with Crippen LogP contribution in [0.1, 0.15) is 40.5 Å². The molecule has 4 nitrogen and oxygen atoms in total. The van der Waals surface area contributed by atoms with Gasteiger partial charge in [-0.25, -0.2) is 0 Å². The highest BCUT2D eigenvalue weighted by Crippen LogP contribution is 2.45. The van der Waals surface area contributed by atoms with E-state index in [4.69, 9.17) is 10.2 Å². The van der Waals surface area contributed by atoms with Crippen molar-refractivity contribution in [3.8, 4) is 0 Å². The third-order valence-electron chi connectivity index (χ3n) is 5.27. The molecule has 118 valence electrons. The van der Waals surface area contributed by atoms with Crippen molar-refractivity contribution in [3.05, 3.63) is 0 Å². The number of nitrogens with two attached hydrogens (primary N) is 1. The zero-order valence-electron chi connectivity index (χ0n) is 14.0. The average molecular weight is 301 g/mol. The second-order valence-electron chi connectivity index (χ2n) is 7.31. The molecule has 20 heavy (non-hydrogen) atoms. The highest BCUT2D eigenvalue weighted by atomic mass is 28.4. The molecule has 0 saturated carbocycles. The van der Waals surface area contributed by atoms with E-state index < -0.39 is 8.32 Å². The van der Waals surface area contributed by atoms with Crippen LogP contribution < -0.4 is 5.73 Å². The van der Waals surface area contributed by atoms with Crippen molar-refractivity contribution >= 4 is 14.2 Å². The van der Waals surface area contributed by atoms with Crippen molar-refractivity contribution in [1.82, 2.24) is 4.90 Å². The summed E-state index contributed by atoms with van der Waals surface area (Å²) in [5.74, 6) is 0.796. The maximum Gasteiger partial charge on any atom is 0.225 e. The van der Waals surface area contributed by atoms with Crippen LogP contribution >= 0.6 is 0 Å². The molecule has 0 aliphatic carbocycles. The molecule has 1 rings (SSSR count). The van der Waals surface area contributed by atoms with Crippen molar-refractivity contribution in [2.24, 2.45) is 11.7 Å². The predicted octanol–water partition coefficient (Wildman–Crippen LogP) is 2.59. The van der Waals surface area contributed by atoms with Crippen LogP contribution in [0.25, 0.3) is 0 Å². The summed E-state index contributed by atoms with van der Waals surface area (Å²) in [6.07, 6.45) is 1.48. The maximum absolute atomic E-state index is 12.0. The molecule has 0 spiro atoms. The van der Waals surface area contributed by atoms with Gasteiger partial charge in [-0.1, -0.05) is 27.7 Å². The molecule has 0 aromatic carbocycles. The Morgan fingerprint density at radius 3 is 2.55 bits per heavy atom. The lowest BCUT2D eigenvalue weighted by molar-refractivity contribution is -0.127. The van der Waals surface area contributed by atoms with Crippen LogP contribution in [0.5, 0.6) is 0 Å². The van der Waals surface area contributed by atoms with Gasteiger partial charge in [-0.15, -0.1) is 0 Å². The van der Waals surface area contributed by atoms with Crippen LogP contribution in [0.2, 0.25) is 18.1 Å². The minimum absolute atomic E-state index is 0.0694. The first kappa shape index (κ1) is 17.7. The molecule has 0 bridgehead atoms. The summed E-state index contributed by atoms with van der Waals surface area (Å²) in [7, 11) is -1.85. The van der Waals surface area contributed by atoms with Crippen molar-refractivity contribution < 1.29 is 9.22 Å². The first-order chi connectivity index (χ1) is 9.11. The molecule has 0 radical (unpaired) electrons. The minimum atomic E-state index is -1.85. The van der Waals surface area contributed by atoms with Gasteiger partial charge in [-0.3, -0.25) is 4.79 Å². The maximum atomic E-state index is 12.0. The number of hydrogen-bond donors (Lipinski definition) is 1. The van der Waals surface area contributed by atoms with E-state index in [0.29, 0.717) is 18.9 Å². The molecule has 1 saturated heterocycles. The lowest BCUT2D eigenvalue weighted by Crippen LogP contribution is -2.48. The smallest absolute Gasteiger partial charge is 0.225 e. The van der Waals surface area contributed by atoms with Crippen molar-refractivity contribution in [2.45, 2.75) is 64.8 Å². The fourth-order valence-corrected chi connectivity index (χ4v) is 5.26. The number of rotatable bonds is 7. The molecule has 0 aromatic heterocycles.